The van der Waals surface area contributed by atoms with Crippen LogP contribution in [0.1, 0.15) is 22.3 Å². The number of benzene rings is 4. The summed E-state index contributed by atoms with van der Waals surface area (Å²) >= 11 is 0. The molecule has 0 fully saturated rings. The summed E-state index contributed by atoms with van der Waals surface area (Å²) in [5, 5.41) is 6.78. The Morgan fingerprint density at radius 2 is 1.00 bits per heavy atom. The third-order valence-corrected chi connectivity index (χ3v) is 5.15. The molecule has 0 unspecified atom stereocenters. The quantitative estimate of drug-likeness (QED) is 0.240. The Balaban J connectivity index is 1.74. The maximum absolute atomic E-state index is 4.82. The molecule has 0 aliphatic heterocycles. The fraction of sp³-hybridized carbons (Fsp3) is 0.0690. The Bertz CT molecular complexity index is 1070. The molecule has 0 aromatic heterocycles. The predicted molar refractivity (Wildman–Crippen MR) is 133 cm³/mol. The third-order valence-electron chi connectivity index (χ3n) is 5.15. The number of hydrazone groups is 1. The van der Waals surface area contributed by atoms with Crippen LogP contribution in [0.4, 0.5) is 11.4 Å². The smallest absolute Gasteiger partial charge is 0.0652 e. The molecule has 0 atom stereocenters. The zero-order chi connectivity index (χ0) is 21.5. The first-order valence-corrected chi connectivity index (χ1v) is 10.5. The molecule has 4 aromatic rings. The highest BCUT2D eigenvalue weighted by atomic mass is 15.5. The molecule has 0 aliphatic carbocycles. The molecule has 152 valence electrons. The van der Waals surface area contributed by atoms with Crippen molar-refractivity contribution in [2.24, 2.45) is 5.10 Å². The van der Waals surface area contributed by atoms with Gasteiger partial charge in [-0.15, -0.1) is 0 Å². The SMILES string of the molecule is Cc1ccc(C(=CC=NN(c2ccccc2)c2ccccc2)c2ccc(C)cc2)cc1. The summed E-state index contributed by atoms with van der Waals surface area (Å²) in [5.74, 6) is 0. The molecular weight excluding hydrogens is 376 g/mol. The van der Waals surface area contributed by atoms with E-state index in [-0.39, 0.29) is 0 Å². The lowest BCUT2D eigenvalue weighted by atomic mass is 9.96. The predicted octanol–water partition coefficient (Wildman–Crippen LogP) is 7.56. The Morgan fingerprint density at radius 3 is 1.42 bits per heavy atom. The Kier molecular flexibility index (Phi) is 6.39. The van der Waals surface area contributed by atoms with Crippen LogP contribution in [-0.2, 0) is 0 Å². The maximum Gasteiger partial charge on any atom is 0.0652 e. The van der Waals surface area contributed by atoms with Crippen molar-refractivity contribution in [1.82, 2.24) is 0 Å². The topological polar surface area (TPSA) is 15.6 Å². The lowest BCUT2D eigenvalue weighted by Crippen LogP contribution is -2.08. The van der Waals surface area contributed by atoms with Crippen LogP contribution in [0, 0.1) is 13.8 Å². The van der Waals surface area contributed by atoms with Gasteiger partial charge in [-0.05, 0) is 60.9 Å². The number of aryl methyl sites for hydroxylation is 2. The molecule has 0 radical (unpaired) electrons. The van der Waals surface area contributed by atoms with E-state index in [0.717, 1.165) is 16.9 Å². The van der Waals surface area contributed by atoms with Crippen molar-refractivity contribution in [2.45, 2.75) is 13.8 Å². The Morgan fingerprint density at radius 1 is 0.581 bits per heavy atom. The molecule has 0 spiro atoms. The first-order valence-electron chi connectivity index (χ1n) is 10.5. The van der Waals surface area contributed by atoms with Crippen molar-refractivity contribution in [3.05, 3.63) is 138 Å². The molecule has 0 heterocycles. The van der Waals surface area contributed by atoms with E-state index in [9.17, 15) is 0 Å². The normalized spacial score (nSPS) is 10.8. The number of hydrogen-bond donors (Lipinski definition) is 0. The summed E-state index contributed by atoms with van der Waals surface area (Å²) in [5.41, 5.74) is 8.03. The monoisotopic (exact) mass is 402 g/mol. The van der Waals surface area contributed by atoms with Gasteiger partial charge in [0.25, 0.3) is 0 Å². The van der Waals surface area contributed by atoms with Gasteiger partial charge in [-0.3, -0.25) is 0 Å². The minimum absolute atomic E-state index is 1.02. The van der Waals surface area contributed by atoms with Gasteiger partial charge < -0.3 is 0 Å². The van der Waals surface area contributed by atoms with Crippen LogP contribution in [0.15, 0.2) is 120 Å². The van der Waals surface area contributed by atoms with Crippen molar-refractivity contribution >= 4 is 23.2 Å². The van der Waals surface area contributed by atoms with Gasteiger partial charge in [0.1, 0.15) is 0 Å². The van der Waals surface area contributed by atoms with Gasteiger partial charge in [0, 0.05) is 6.21 Å². The Labute approximate surface area is 184 Å². The van der Waals surface area contributed by atoms with E-state index in [2.05, 4.69) is 92.7 Å². The number of rotatable bonds is 6. The molecule has 0 N–H and O–H groups in total. The van der Waals surface area contributed by atoms with Crippen LogP contribution in [0.3, 0.4) is 0 Å². The van der Waals surface area contributed by atoms with Gasteiger partial charge in [0.15, 0.2) is 0 Å². The highest BCUT2D eigenvalue weighted by Gasteiger charge is 2.07. The first kappa shape index (κ1) is 20.4. The summed E-state index contributed by atoms with van der Waals surface area (Å²) in [6, 6.07) is 37.7. The second kappa shape index (κ2) is 9.73. The largest absolute Gasteiger partial charge is 0.234 e. The van der Waals surface area contributed by atoms with E-state index in [0.29, 0.717) is 0 Å². The number of hydrogen-bond acceptors (Lipinski definition) is 2. The molecule has 0 amide bonds. The van der Waals surface area contributed by atoms with Crippen molar-refractivity contribution in [2.75, 3.05) is 5.01 Å². The molecule has 0 saturated heterocycles. The fourth-order valence-corrected chi connectivity index (χ4v) is 3.42. The molecule has 4 rings (SSSR count). The van der Waals surface area contributed by atoms with E-state index in [4.69, 9.17) is 5.10 Å². The van der Waals surface area contributed by atoms with Crippen molar-refractivity contribution < 1.29 is 0 Å². The molecule has 4 aromatic carbocycles. The zero-order valence-electron chi connectivity index (χ0n) is 17.9. The van der Waals surface area contributed by atoms with Crippen molar-refractivity contribution in [3.8, 4) is 0 Å². The molecule has 0 aliphatic rings. The highest BCUT2D eigenvalue weighted by molar-refractivity contribution is 5.92. The second-order valence-corrected chi connectivity index (χ2v) is 7.56. The number of para-hydroxylation sites is 2. The van der Waals surface area contributed by atoms with E-state index < -0.39 is 0 Å². The zero-order valence-corrected chi connectivity index (χ0v) is 17.9. The molecular formula is C29H26N2. The highest BCUT2D eigenvalue weighted by Crippen LogP contribution is 2.26. The average molecular weight is 403 g/mol. The van der Waals surface area contributed by atoms with E-state index in [1.807, 2.05) is 47.6 Å². The number of nitrogens with zero attached hydrogens (tertiary/aromatic N) is 2. The maximum atomic E-state index is 4.82. The van der Waals surface area contributed by atoms with Gasteiger partial charge in [-0.2, -0.15) is 5.10 Å². The summed E-state index contributed by atoms with van der Waals surface area (Å²) in [7, 11) is 0. The summed E-state index contributed by atoms with van der Waals surface area (Å²) in [6.07, 6.45) is 3.98. The summed E-state index contributed by atoms with van der Waals surface area (Å²) in [4.78, 5) is 0. The van der Waals surface area contributed by atoms with Gasteiger partial charge in [0.05, 0.1) is 11.4 Å². The van der Waals surface area contributed by atoms with Gasteiger partial charge in [-0.25, -0.2) is 5.01 Å². The fourth-order valence-electron chi connectivity index (χ4n) is 3.42. The first-order chi connectivity index (χ1) is 15.2. The lowest BCUT2D eigenvalue weighted by Gasteiger charge is -2.19. The van der Waals surface area contributed by atoms with Crippen LogP contribution < -0.4 is 5.01 Å². The minimum Gasteiger partial charge on any atom is -0.234 e. The van der Waals surface area contributed by atoms with Crippen LogP contribution in [0.25, 0.3) is 5.57 Å². The molecule has 2 nitrogen and oxygen atoms in total. The van der Waals surface area contributed by atoms with Gasteiger partial charge >= 0.3 is 0 Å². The number of allylic oxidation sites excluding steroid dienone is 1. The lowest BCUT2D eigenvalue weighted by molar-refractivity contribution is 1.09. The van der Waals surface area contributed by atoms with Gasteiger partial charge in [0.2, 0.25) is 0 Å². The molecule has 2 heteroatoms. The van der Waals surface area contributed by atoms with Crippen LogP contribution in [-0.4, -0.2) is 6.21 Å². The summed E-state index contributed by atoms with van der Waals surface area (Å²) < 4.78 is 0. The van der Waals surface area contributed by atoms with Crippen molar-refractivity contribution in [1.29, 1.82) is 0 Å². The van der Waals surface area contributed by atoms with Gasteiger partial charge in [-0.1, -0.05) is 96.1 Å². The van der Waals surface area contributed by atoms with Crippen molar-refractivity contribution in [3.63, 3.8) is 0 Å². The van der Waals surface area contributed by atoms with E-state index >= 15 is 0 Å². The second-order valence-electron chi connectivity index (χ2n) is 7.56. The van der Waals surface area contributed by atoms with E-state index in [1.54, 1.807) is 0 Å². The molecule has 0 saturated carbocycles. The van der Waals surface area contributed by atoms with Crippen LogP contribution >= 0.6 is 0 Å². The third kappa shape index (κ3) is 5.18. The van der Waals surface area contributed by atoms with Crippen LogP contribution in [0.2, 0.25) is 0 Å². The number of anilines is 2. The Hall–Kier alpha value is -3.91. The molecule has 31 heavy (non-hydrogen) atoms. The van der Waals surface area contributed by atoms with Crippen LogP contribution in [0.5, 0.6) is 0 Å². The minimum atomic E-state index is 1.02. The summed E-state index contributed by atoms with van der Waals surface area (Å²) in [6.45, 7) is 4.22. The molecule has 0 bridgehead atoms. The average Bonchev–Trinajstić information content (AvgIpc) is 2.82. The standard InChI is InChI=1S/C29H26N2/c1-23-13-17-25(18-14-23)29(26-19-15-24(2)16-20-26)21-22-30-31(27-9-5-3-6-10-27)28-11-7-4-8-12-28/h3-22H,1-2H3. The van der Waals surface area contributed by atoms with E-state index in [1.165, 1.54) is 22.3 Å².